The van der Waals surface area contributed by atoms with Crippen LogP contribution in [0.3, 0.4) is 0 Å². The molecule has 4 heteroatoms. The van der Waals surface area contributed by atoms with Crippen LogP contribution in [0.25, 0.3) is 0 Å². The summed E-state index contributed by atoms with van der Waals surface area (Å²) >= 11 is 1.83. The third kappa shape index (κ3) is 3.40. The smallest absolute Gasteiger partial charge is 0.211 e. The van der Waals surface area contributed by atoms with Gasteiger partial charge >= 0.3 is 0 Å². The maximum absolute atomic E-state index is 5.40. The summed E-state index contributed by atoms with van der Waals surface area (Å²) in [5, 5.41) is 3.34. The molecule has 0 aromatic carbocycles. The highest BCUT2D eigenvalue weighted by molar-refractivity contribution is 7.98. The van der Waals surface area contributed by atoms with E-state index >= 15 is 0 Å². The molecule has 0 aliphatic carbocycles. The molecule has 1 rings (SSSR count). The minimum atomic E-state index is 0.209. The summed E-state index contributed by atoms with van der Waals surface area (Å²) in [5.41, 5.74) is 0. The van der Waals surface area contributed by atoms with Crippen molar-refractivity contribution in [1.29, 1.82) is 0 Å². The quantitative estimate of drug-likeness (QED) is 0.738. The normalized spacial score (nSPS) is 13.2. The van der Waals surface area contributed by atoms with Gasteiger partial charge in [0.1, 0.15) is 5.76 Å². The van der Waals surface area contributed by atoms with Crippen LogP contribution in [0.2, 0.25) is 0 Å². The Balaban J connectivity index is 2.35. The Bertz CT molecular complexity index is 250. The van der Waals surface area contributed by atoms with Crippen molar-refractivity contribution < 1.29 is 4.42 Å². The second kappa shape index (κ2) is 5.29. The Morgan fingerprint density at radius 3 is 3.00 bits per heavy atom. The monoisotopic (exact) mass is 200 g/mol. The van der Waals surface area contributed by atoms with Gasteiger partial charge in [-0.3, -0.25) is 0 Å². The SMILES string of the molecule is CSCCNC(C)c1ncc(C)o1. The number of aromatic nitrogens is 1. The van der Waals surface area contributed by atoms with Crippen LogP contribution in [0.5, 0.6) is 0 Å². The lowest BCUT2D eigenvalue weighted by atomic mass is 10.3. The predicted octanol–water partition coefficient (Wildman–Crippen LogP) is 2.00. The van der Waals surface area contributed by atoms with E-state index in [0.29, 0.717) is 0 Å². The van der Waals surface area contributed by atoms with Crippen molar-refractivity contribution in [2.24, 2.45) is 0 Å². The zero-order valence-electron chi connectivity index (χ0n) is 8.33. The summed E-state index contributed by atoms with van der Waals surface area (Å²) in [4.78, 5) is 4.16. The van der Waals surface area contributed by atoms with Gasteiger partial charge in [0.2, 0.25) is 5.89 Å². The largest absolute Gasteiger partial charge is 0.444 e. The van der Waals surface area contributed by atoms with E-state index in [2.05, 4.69) is 23.5 Å². The summed E-state index contributed by atoms with van der Waals surface area (Å²) in [6.45, 7) is 4.96. The van der Waals surface area contributed by atoms with Crippen LogP contribution in [0.4, 0.5) is 0 Å². The second-order valence-corrected chi connectivity index (χ2v) is 3.96. The molecule has 0 saturated heterocycles. The number of nitrogens with one attached hydrogen (secondary N) is 1. The highest BCUT2D eigenvalue weighted by atomic mass is 32.2. The molecule has 1 atom stereocenters. The average Bonchev–Trinajstić information content (AvgIpc) is 2.52. The third-order valence-electron chi connectivity index (χ3n) is 1.77. The van der Waals surface area contributed by atoms with E-state index in [1.54, 1.807) is 6.20 Å². The van der Waals surface area contributed by atoms with Crippen molar-refractivity contribution in [2.45, 2.75) is 19.9 Å². The van der Waals surface area contributed by atoms with Crippen LogP contribution in [0.1, 0.15) is 24.6 Å². The number of hydrogen-bond acceptors (Lipinski definition) is 4. The lowest BCUT2D eigenvalue weighted by Crippen LogP contribution is -2.21. The minimum Gasteiger partial charge on any atom is -0.444 e. The molecule has 1 heterocycles. The van der Waals surface area contributed by atoms with E-state index in [1.807, 2.05) is 18.7 Å². The van der Waals surface area contributed by atoms with Gasteiger partial charge in [-0.25, -0.2) is 4.98 Å². The van der Waals surface area contributed by atoms with Gasteiger partial charge in [0.25, 0.3) is 0 Å². The number of aryl methyl sites for hydroxylation is 1. The van der Waals surface area contributed by atoms with Crippen LogP contribution in [-0.4, -0.2) is 23.5 Å². The third-order valence-corrected chi connectivity index (χ3v) is 2.38. The zero-order chi connectivity index (χ0) is 9.68. The Morgan fingerprint density at radius 1 is 1.69 bits per heavy atom. The molecule has 0 fully saturated rings. The van der Waals surface area contributed by atoms with E-state index in [-0.39, 0.29) is 6.04 Å². The molecule has 0 aliphatic rings. The molecule has 0 saturated carbocycles. The molecule has 0 bridgehead atoms. The molecule has 0 amide bonds. The van der Waals surface area contributed by atoms with Crippen molar-refractivity contribution in [3.05, 3.63) is 17.8 Å². The van der Waals surface area contributed by atoms with Crippen molar-refractivity contribution in [3.63, 3.8) is 0 Å². The summed E-state index contributed by atoms with van der Waals surface area (Å²) in [6, 6.07) is 0.209. The summed E-state index contributed by atoms with van der Waals surface area (Å²) in [6.07, 6.45) is 3.85. The van der Waals surface area contributed by atoms with E-state index < -0.39 is 0 Å². The first-order chi connectivity index (χ1) is 6.24. The first-order valence-electron chi connectivity index (χ1n) is 4.38. The van der Waals surface area contributed by atoms with Crippen molar-refractivity contribution in [2.75, 3.05) is 18.6 Å². The number of oxazole rings is 1. The van der Waals surface area contributed by atoms with Crippen molar-refractivity contribution >= 4 is 11.8 Å². The Labute approximate surface area is 83.3 Å². The molecular formula is C9H16N2OS. The Morgan fingerprint density at radius 2 is 2.46 bits per heavy atom. The lowest BCUT2D eigenvalue weighted by molar-refractivity contribution is 0.408. The van der Waals surface area contributed by atoms with E-state index in [9.17, 15) is 0 Å². The molecule has 74 valence electrons. The molecule has 0 spiro atoms. The van der Waals surface area contributed by atoms with Gasteiger partial charge in [-0.05, 0) is 20.1 Å². The molecule has 1 N–H and O–H groups in total. The van der Waals surface area contributed by atoms with E-state index in [4.69, 9.17) is 4.42 Å². The van der Waals surface area contributed by atoms with E-state index in [0.717, 1.165) is 23.9 Å². The van der Waals surface area contributed by atoms with Crippen LogP contribution < -0.4 is 5.32 Å². The number of thioether (sulfide) groups is 1. The molecule has 1 aromatic rings. The lowest BCUT2D eigenvalue weighted by Gasteiger charge is -2.08. The fourth-order valence-corrected chi connectivity index (χ4v) is 1.36. The molecule has 3 nitrogen and oxygen atoms in total. The highest BCUT2D eigenvalue weighted by Gasteiger charge is 2.09. The number of nitrogens with zero attached hydrogens (tertiary/aromatic N) is 1. The molecule has 0 aliphatic heterocycles. The van der Waals surface area contributed by atoms with Gasteiger partial charge < -0.3 is 9.73 Å². The van der Waals surface area contributed by atoms with Crippen LogP contribution in [0.15, 0.2) is 10.6 Å². The van der Waals surface area contributed by atoms with Crippen molar-refractivity contribution in [1.82, 2.24) is 10.3 Å². The molecule has 13 heavy (non-hydrogen) atoms. The van der Waals surface area contributed by atoms with Gasteiger partial charge in [0.15, 0.2) is 0 Å². The van der Waals surface area contributed by atoms with Crippen LogP contribution in [0, 0.1) is 6.92 Å². The topological polar surface area (TPSA) is 38.1 Å². The van der Waals surface area contributed by atoms with Crippen molar-refractivity contribution in [3.8, 4) is 0 Å². The average molecular weight is 200 g/mol. The van der Waals surface area contributed by atoms with Crippen LogP contribution >= 0.6 is 11.8 Å². The first-order valence-corrected chi connectivity index (χ1v) is 5.78. The van der Waals surface area contributed by atoms with E-state index in [1.165, 1.54) is 0 Å². The van der Waals surface area contributed by atoms with Gasteiger partial charge in [-0.15, -0.1) is 0 Å². The highest BCUT2D eigenvalue weighted by Crippen LogP contribution is 2.11. The van der Waals surface area contributed by atoms with Crippen LogP contribution in [-0.2, 0) is 0 Å². The number of hydrogen-bond donors (Lipinski definition) is 1. The summed E-state index contributed by atoms with van der Waals surface area (Å²) < 4.78 is 5.40. The first kappa shape index (κ1) is 10.6. The summed E-state index contributed by atoms with van der Waals surface area (Å²) in [5.74, 6) is 2.76. The maximum Gasteiger partial charge on any atom is 0.211 e. The van der Waals surface area contributed by atoms with Gasteiger partial charge in [0, 0.05) is 12.3 Å². The molecule has 0 radical (unpaired) electrons. The van der Waals surface area contributed by atoms with Gasteiger partial charge in [0.05, 0.1) is 12.2 Å². The standard InChI is InChI=1S/C9H16N2OS/c1-7-6-11-9(12-7)8(2)10-4-5-13-3/h6,8,10H,4-5H2,1-3H3. The predicted molar refractivity (Wildman–Crippen MR) is 56.0 cm³/mol. The Kier molecular flexibility index (Phi) is 4.32. The number of rotatable bonds is 5. The zero-order valence-corrected chi connectivity index (χ0v) is 9.15. The maximum atomic E-state index is 5.40. The molecular weight excluding hydrogens is 184 g/mol. The second-order valence-electron chi connectivity index (χ2n) is 2.98. The van der Waals surface area contributed by atoms with Gasteiger partial charge in [-0.2, -0.15) is 11.8 Å². The fraction of sp³-hybridized carbons (Fsp3) is 0.667. The minimum absolute atomic E-state index is 0.209. The Hall–Kier alpha value is -0.480. The summed E-state index contributed by atoms with van der Waals surface area (Å²) in [7, 11) is 0. The molecule has 1 unspecified atom stereocenters. The fourth-order valence-electron chi connectivity index (χ4n) is 1.04. The van der Waals surface area contributed by atoms with Gasteiger partial charge in [-0.1, -0.05) is 0 Å². The molecule has 1 aromatic heterocycles.